The lowest BCUT2D eigenvalue weighted by atomic mass is 10.1. The van der Waals surface area contributed by atoms with Crippen LogP contribution in [0.25, 0.3) is 0 Å². The van der Waals surface area contributed by atoms with Gasteiger partial charge in [0.15, 0.2) is 0 Å². The van der Waals surface area contributed by atoms with E-state index in [1.807, 2.05) is 13.8 Å². The summed E-state index contributed by atoms with van der Waals surface area (Å²) in [5.74, 6) is -0.378. The van der Waals surface area contributed by atoms with Crippen molar-refractivity contribution in [3.05, 3.63) is 47.2 Å². The largest absolute Gasteiger partial charge is 0.307 e. The van der Waals surface area contributed by atoms with Gasteiger partial charge in [0.25, 0.3) is 17.7 Å². The zero-order valence-corrected chi connectivity index (χ0v) is 14.3. The van der Waals surface area contributed by atoms with E-state index in [9.17, 15) is 14.4 Å². The molecule has 1 aliphatic heterocycles. The number of imide groups is 1. The summed E-state index contributed by atoms with van der Waals surface area (Å²) < 4.78 is 1.66. The quantitative estimate of drug-likeness (QED) is 0.819. The smallest absolute Gasteiger partial charge is 0.261 e. The Bertz CT molecular complexity index is 841. The third-order valence-electron chi connectivity index (χ3n) is 4.23. The van der Waals surface area contributed by atoms with E-state index >= 15 is 0 Å². The van der Waals surface area contributed by atoms with Crippen molar-refractivity contribution >= 4 is 23.5 Å². The van der Waals surface area contributed by atoms with E-state index in [1.54, 1.807) is 29.1 Å². The topological polar surface area (TPSA) is 84.3 Å². The van der Waals surface area contributed by atoms with Crippen LogP contribution in [0.15, 0.2) is 30.5 Å². The lowest BCUT2D eigenvalue weighted by Crippen LogP contribution is -2.30. The second kappa shape index (κ2) is 6.88. The highest BCUT2D eigenvalue weighted by Gasteiger charge is 2.35. The molecule has 3 rings (SSSR count). The maximum atomic E-state index is 12.5. The van der Waals surface area contributed by atoms with Gasteiger partial charge in [-0.1, -0.05) is 13.3 Å². The number of fused-ring (bicyclic) bond motifs is 1. The number of carbonyl (C=O) groups is 3. The number of unbranched alkanes of at least 4 members (excludes halogenated alkanes) is 1. The number of aryl methyl sites for hydroxylation is 1. The number of anilines is 1. The number of hydrogen-bond donors (Lipinski definition) is 1. The van der Waals surface area contributed by atoms with Gasteiger partial charge < -0.3 is 5.32 Å². The first-order chi connectivity index (χ1) is 12.1. The van der Waals surface area contributed by atoms with E-state index in [4.69, 9.17) is 0 Å². The van der Waals surface area contributed by atoms with Crippen molar-refractivity contribution in [1.29, 1.82) is 0 Å². The van der Waals surface area contributed by atoms with Gasteiger partial charge in [0.1, 0.15) is 5.82 Å². The number of amides is 3. The molecule has 1 N–H and O–H groups in total. The summed E-state index contributed by atoms with van der Waals surface area (Å²) in [6.07, 6.45) is 3.27. The number of nitrogens with zero attached hydrogens (tertiary/aromatic N) is 3. The molecule has 1 aliphatic rings. The van der Waals surface area contributed by atoms with Crippen LogP contribution in [0.3, 0.4) is 0 Å². The molecular weight excluding hydrogens is 320 g/mol. The van der Waals surface area contributed by atoms with Crippen molar-refractivity contribution in [2.75, 3.05) is 11.9 Å². The molecule has 0 saturated carbocycles. The number of nitrogens with one attached hydrogen (secondary N) is 1. The summed E-state index contributed by atoms with van der Waals surface area (Å²) >= 11 is 0. The van der Waals surface area contributed by atoms with Crippen molar-refractivity contribution in [1.82, 2.24) is 14.7 Å². The Morgan fingerprint density at radius 3 is 2.60 bits per heavy atom. The van der Waals surface area contributed by atoms with E-state index in [1.165, 1.54) is 11.0 Å². The fourth-order valence-corrected chi connectivity index (χ4v) is 2.83. The van der Waals surface area contributed by atoms with Gasteiger partial charge in [0.2, 0.25) is 0 Å². The van der Waals surface area contributed by atoms with E-state index in [2.05, 4.69) is 10.4 Å². The summed E-state index contributed by atoms with van der Waals surface area (Å²) in [5.41, 5.74) is 0.982. The van der Waals surface area contributed by atoms with Crippen LogP contribution in [0, 0.1) is 0 Å². The second-order valence-electron chi connectivity index (χ2n) is 5.86. The highest BCUT2D eigenvalue weighted by molar-refractivity contribution is 6.22. The van der Waals surface area contributed by atoms with Crippen molar-refractivity contribution in [3.8, 4) is 0 Å². The molecule has 0 saturated heterocycles. The standard InChI is InChI=1S/C18H20N4O3/c1-3-5-10-21-17(24)13-7-6-12(11-14(13)18(21)25)16(23)20-15-8-9-19-22(15)4-2/h6-9,11H,3-5,10H2,1-2H3,(H,20,23). The molecule has 0 unspecified atom stereocenters. The van der Waals surface area contributed by atoms with Gasteiger partial charge in [-0.15, -0.1) is 0 Å². The van der Waals surface area contributed by atoms with Gasteiger partial charge in [-0.05, 0) is 31.5 Å². The average Bonchev–Trinajstić information content (AvgIpc) is 3.16. The lowest BCUT2D eigenvalue weighted by molar-refractivity contribution is 0.0652. The van der Waals surface area contributed by atoms with Crippen LogP contribution in [0.5, 0.6) is 0 Å². The molecule has 2 aromatic rings. The molecule has 0 radical (unpaired) electrons. The molecule has 0 bridgehead atoms. The van der Waals surface area contributed by atoms with E-state index < -0.39 is 0 Å². The predicted molar refractivity (Wildman–Crippen MR) is 92.6 cm³/mol. The predicted octanol–water partition coefficient (Wildman–Crippen LogP) is 2.55. The van der Waals surface area contributed by atoms with Crippen LogP contribution >= 0.6 is 0 Å². The van der Waals surface area contributed by atoms with Gasteiger partial charge in [0.05, 0.1) is 17.3 Å². The Morgan fingerprint density at radius 1 is 1.12 bits per heavy atom. The fraction of sp³-hybridized carbons (Fsp3) is 0.333. The Kier molecular flexibility index (Phi) is 4.65. The zero-order valence-electron chi connectivity index (χ0n) is 14.3. The zero-order chi connectivity index (χ0) is 18.0. The van der Waals surface area contributed by atoms with Crippen LogP contribution in [-0.4, -0.2) is 38.9 Å². The van der Waals surface area contributed by atoms with Crippen molar-refractivity contribution < 1.29 is 14.4 Å². The Balaban J connectivity index is 1.83. The van der Waals surface area contributed by atoms with Crippen LogP contribution in [-0.2, 0) is 6.54 Å². The highest BCUT2D eigenvalue weighted by Crippen LogP contribution is 2.24. The minimum absolute atomic E-state index is 0.288. The monoisotopic (exact) mass is 340 g/mol. The minimum atomic E-state index is -0.342. The molecule has 3 amide bonds. The molecule has 130 valence electrons. The molecular formula is C18H20N4O3. The van der Waals surface area contributed by atoms with Crippen molar-refractivity contribution in [2.24, 2.45) is 0 Å². The third kappa shape index (κ3) is 3.05. The number of carbonyl (C=O) groups excluding carboxylic acids is 3. The molecule has 2 heterocycles. The molecule has 1 aromatic carbocycles. The normalized spacial score (nSPS) is 13.3. The van der Waals surface area contributed by atoms with Gasteiger partial charge in [-0.2, -0.15) is 5.10 Å². The summed E-state index contributed by atoms with van der Waals surface area (Å²) in [5, 5.41) is 6.87. The minimum Gasteiger partial charge on any atom is -0.307 e. The van der Waals surface area contributed by atoms with Crippen LogP contribution in [0.4, 0.5) is 5.82 Å². The number of rotatable bonds is 6. The Hall–Kier alpha value is -2.96. The van der Waals surface area contributed by atoms with Crippen LogP contribution in [0.2, 0.25) is 0 Å². The maximum Gasteiger partial charge on any atom is 0.261 e. The molecule has 0 fully saturated rings. The third-order valence-corrected chi connectivity index (χ3v) is 4.23. The van der Waals surface area contributed by atoms with E-state index in [-0.39, 0.29) is 23.3 Å². The van der Waals surface area contributed by atoms with Gasteiger partial charge in [-0.25, -0.2) is 4.68 Å². The molecule has 7 nitrogen and oxygen atoms in total. The van der Waals surface area contributed by atoms with Crippen molar-refractivity contribution in [2.45, 2.75) is 33.2 Å². The van der Waals surface area contributed by atoms with E-state index in [0.717, 1.165) is 12.8 Å². The Labute approximate surface area is 145 Å². The van der Waals surface area contributed by atoms with Crippen LogP contribution < -0.4 is 5.32 Å². The summed E-state index contributed by atoms with van der Waals surface area (Å²) in [7, 11) is 0. The molecule has 25 heavy (non-hydrogen) atoms. The number of benzene rings is 1. The average molecular weight is 340 g/mol. The summed E-state index contributed by atoms with van der Waals surface area (Å²) in [6, 6.07) is 6.31. The van der Waals surface area contributed by atoms with Gasteiger partial charge >= 0.3 is 0 Å². The molecule has 7 heteroatoms. The Morgan fingerprint density at radius 2 is 1.88 bits per heavy atom. The molecule has 0 atom stereocenters. The van der Waals surface area contributed by atoms with Crippen molar-refractivity contribution in [3.63, 3.8) is 0 Å². The highest BCUT2D eigenvalue weighted by atomic mass is 16.2. The number of hydrogen-bond acceptors (Lipinski definition) is 4. The molecule has 1 aromatic heterocycles. The number of aromatic nitrogens is 2. The summed E-state index contributed by atoms with van der Waals surface area (Å²) in [4.78, 5) is 38.5. The molecule has 0 aliphatic carbocycles. The van der Waals surface area contributed by atoms with Gasteiger partial charge in [-0.3, -0.25) is 19.3 Å². The van der Waals surface area contributed by atoms with Gasteiger partial charge in [0, 0.05) is 24.7 Å². The SMILES string of the molecule is CCCCN1C(=O)c2ccc(C(=O)Nc3ccnn3CC)cc2C1=O. The fourth-order valence-electron chi connectivity index (χ4n) is 2.83. The van der Waals surface area contributed by atoms with E-state index in [0.29, 0.717) is 30.0 Å². The maximum absolute atomic E-state index is 12.5. The second-order valence-corrected chi connectivity index (χ2v) is 5.86. The first kappa shape index (κ1) is 16.9. The van der Waals surface area contributed by atoms with Crippen LogP contribution in [0.1, 0.15) is 57.8 Å². The first-order valence-corrected chi connectivity index (χ1v) is 8.40. The molecule has 0 spiro atoms. The summed E-state index contributed by atoms with van der Waals surface area (Å²) in [6.45, 7) is 4.96. The lowest BCUT2D eigenvalue weighted by Gasteiger charge is -2.12. The first-order valence-electron chi connectivity index (χ1n) is 8.40.